The van der Waals surface area contributed by atoms with Gasteiger partial charge in [-0.25, -0.2) is 4.79 Å². The topological polar surface area (TPSA) is 65.2 Å². The number of aromatic nitrogens is 1. The molecule has 2 N–H and O–H groups in total. The fourth-order valence-electron chi connectivity index (χ4n) is 2.01. The van der Waals surface area contributed by atoms with Crippen molar-refractivity contribution in [1.29, 1.82) is 0 Å². The number of rotatable bonds is 1. The van der Waals surface area contributed by atoms with Crippen LogP contribution in [0.1, 0.15) is 6.42 Å². The number of nitrogens with zero attached hydrogens (tertiary/aromatic N) is 1. The summed E-state index contributed by atoms with van der Waals surface area (Å²) in [5, 5.41) is 3.41. The van der Waals surface area contributed by atoms with Gasteiger partial charge in [0.25, 0.3) is 0 Å². The van der Waals surface area contributed by atoms with E-state index < -0.39 is 0 Å². The number of aromatic amines is 1. The summed E-state index contributed by atoms with van der Waals surface area (Å²) in [5.74, 6) is -0.216. The molecule has 0 atom stereocenters. The Hall–Kier alpha value is -2.30. The molecule has 5 heteroatoms. The highest BCUT2D eigenvalue weighted by molar-refractivity contribution is 6.06. The summed E-state index contributed by atoms with van der Waals surface area (Å²) in [6.45, 7) is 0.427. The third kappa shape index (κ3) is 1.65. The molecule has 2 aromatic rings. The van der Waals surface area contributed by atoms with Crippen LogP contribution in [-0.2, 0) is 4.79 Å². The van der Waals surface area contributed by atoms with Crippen LogP contribution < -0.4 is 10.2 Å². The number of hydrogen-bond donors (Lipinski definition) is 2. The molecule has 0 unspecified atom stereocenters. The maximum absolute atomic E-state index is 11.7. The lowest BCUT2D eigenvalue weighted by Gasteiger charge is -2.26. The van der Waals surface area contributed by atoms with Gasteiger partial charge in [-0.1, -0.05) is 6.07 Å². The molecule has 1 saturated heterocycles. The second kappa shape index (κ2) is 3.62. The minimum absolute atomic E-state index is 0.216. The van der Waals surface area contributed by atoms with E-state index in [0.29, 0.717) is 13.0 Å². The first kappa shape index (κ1) is 9.89. The molecule has 2 heterocycles. The standard InChI is InChI=1S/C12H11N3O2/c16-11-4-6-15(12(17)14-11)9-2-1-8-3-5-13-10(8)7-9/h1-3,5,7,13H,4,6H2,(H,14,16,17). The molecule has 0 saturated carbocycles. The predicted octanol–water partition coefficient (Wildman–Crippen LogP) is 1.61. The third-order valence-corrected chi connectivity index (χ3v) is 2.90. The number of fused-ring (bicyclic) bond motifs is 1. The predicted molar refractivity (Wildman–Crippen MR) is 63.8 cm³/mol. The van der Waals surface area contributed by atoms with Crippen molar-refractivity contribution in [2.75, 3.05) is 11.4 Å². The number of H-pyrrole nitrogens is 1. The first-order valence-corrected chi connectivity index (χ1v) is 5.42. The molecular formula is C12H11N3O2. The van der Waals surface area contributed by atoms with Gasteiger partial charge in [0.1, 0.15) is 0 Å². The van der Waals surface area contributed by atoms with Gasteiger partial charge in [-0.2, -0.15) is 0 Å². The van der Waals surface area contributed by atoms with Gasteiger partial charge >= 0.3 is 6.03 Å². The number of carbonyl (C=O) groups is 2. The van der Waals surface area contributed by atoms with E-state index in [4.69, 9.17) is 0 Å². The quantitative estimate of drug-likeness (QED) is 0.780. The van der Waals surface area contributed by atoms with E-state index in [1.807, 2.05) is 30.5 Å². The molecule has 86 valence electrons. The summed E-state index contributed by atoms with van der Waals surface area (Å²) in [5.41, 5.74) is 1.78. The van der Waals surface area contributed by atoms with Gasteiger partial charge < -0.3 is 4.98 Å². The normalized spacial score (nSPS) is 16.4. The number of anilines is 1. The van der Waals surface area contributed by atoms with Crippen LogP contribution in [-0.4, -0.2) is 23.5 Å². The van der Waals surface area contributed by atoms with Crippen molar-refractivity contribution in [1.82, 2.24) is 10.3 Å². The zero-order valence-corrected chi connectivity index (χ0v) is 9.06. The van der Waals surface area contributed by atoms with Crippen molar-refractivity contribution in [2.45, 2.75) is 6.42 Å². The van der Waals surface area contributed by atoms with Crippen LogP contribution in [0.2, 0.25) is 0 Å². The largest absolute Gasteiger partial charge is 0.361 e. The monoisotopic (exact) mass is 229 g/mol. The Kier molecular flexibility index (Phi) is 2.11. The summed E-state index contributed by atoms with van der Waals surface area (Å²) in [6, 6.07) is 7.35. The Morgan fingerprint density at radius 2 is 2.06 bits per heavy atom. The number of imide groups is 1. The van der Waals surface area contributed by atoms with Gasteiger partial charge in [-0.3, -0.25) is 15.0 Å². The van der Waals surface area contributed by atoms with E-state index >= 15 is 0 Å². The van der Waals surface area contributed by atoms with Crippen LogP contribution in [0.5, 0.6) is 0 Å². The third-order valence-electron chi connectivity index (χ3n) is 2.90. The highest BCUT2D eigenvalue weighted by atomic mass is 16.2. The van der Waals surface area contributed by atoms with Gasteiger partial charge in [0.05, 0.1) is 0 Å². The maximum Gasteiger partial charge on any atom is 0.328 e. The Morgan fingerprint density at radius 1 is 1.18 bits per heavy atom. The Balaban J connectivity index is 1.97. The minimum atomic E-state index is -0.354. The van der Waals surface area contributed by atoms with Crippen LogP contribution in [0.15, 0.2) is 30.5 Å². The number of carbonyl (C=O) groups excluding carboxylic acids is 2. The van der Waals surface area contributed by atoms with Gasteiger partial charge in [-0.15, -0.1) is 0 Å². The lowest BCUT2D eigenvalue weighted by Crippen LogP contribution is -2.49. The highest BCUT2D eigenvalue weighted by Gasteiger charge is 2.24. The van der Waals surface area contributed by atoms with Crippen molar-refractivity contribution in [3.63, 3.8) is 0 Å². The molecule has 1 aliphatic heterocycles. The maximum atomic E-state index is 11.7. The molecule has 0 radical (unpaired) electrons. The van der Waals surface area contributed by atoms with E-state index in [9.17, 15) is 9.59 Å². The number of nitrogens with one attached hydrogen (secondary N) is 2. The Bertz CT molecular complexity index is 603. The molecule has 3 amide bonds. The molecule has 3 rings (SSSR count). The fraction of sp³-hybridized carbons (Fsp3) is 0.167. The molecule has 0 spiro atoms. The molecule has 1 fully saturated rings. The van der Waals surface area contributed by atoms with Crippen LogP contribution in [0.3, 0.4) is 0 Å². The summed E-state index contributed by atoms with van der Waals surface area (Å²) >= 11 is 0. The molecular weight excluding hydrogens is 218 g/mol. The lowest BCUT2D eigenvalue weighted by molar-refractivity contribution is -0.120. The molecule has 17 heavy (non-hydrogen) atoms. The van der Waals surface area contributed by atoms with E-state index in [1.165, 1.54) is 0 Å². The summed E-state index contributed by atoms with van der Waals surface area (Å²) in [7, 11) is 0. The summed E-state index contributed by atoms with van der Waals surface area (Å²) in [4.78, 5) is 27.4. The molecule has 0 aliphatic carbocycles. The highest BCUT2D eigenvalue weighted by Crippen LogP contribution is 2.22. The Labute approximate surface area is 97.4 Å². The van der Waals surface area contributed by atoms with E-state index in [1.54, 1.807) is 4.90 Å². The summed E-state index contributed by atoms with van der Waals surface area (Å²) in [6.07, 6.45) is 2.20. The number of urea groups is 1. The van der Waals surface area contributed by atoms with E-state index in [0.717, 1.165) is 16.6 Å². The molecule has 1 aromatic heterocycles. The Morgan fingerprint density at radius 3 is 2.88 bits per heavy atom. The number of benzene rings is 1. The van der Waals surface area contributed by atoms with Gasteiger partial charge in [0, 0.05) is 30.4 Å². The SMILES string of the molecule is O=C1CCN(c2ccc3cc[nH]c3c2)C(=O)N1. The van der Waals surface area contributed by atoms with Crippen molar-refractivity contribution in [2.24, 2.45) is 0 Å². The molecule has 1 aliphatic rings. The zero-order valence-electron chi connectivity index (χ0n) is 9.06. The first-order valence-electron chi connectivity index (χ1n) is 5.42. The number of hydrogen-bond acceptors (Lipinski definition) is 2. The van der Waals surface area contributed by atoms with E-state index in [2.05, 4.69) is 10.3 Å². The second-order valence-electron chi connectivity index (χ2n) is 4.00. The first-order chi connectivity index (χ1) is 8.24. The van der Waals surface area contributed by atoms with Crippen molar-refractivity contribution < 1.29 is 9.59 Å². The number of amides is 3. The molecule has 1 aromatic carbocycles. The van der Waals surface area contributed by atoms with Crippen LogP contribution in [0.4, 0.5) is 10.5 Å². The van der Waals surface area contributed by atoms with Gasteiger partial charge in [-0.05, 0) is 23.6 Å². The van der Waals surface area contributed by atoms with Gasteiger partial charge in [0.15, 0.2) is 0 Å². The molecule has 0 bridgehead atoms. The van der Waals surface area contributed by atoms with Crippen molar-refractivity contribution in [3.8, 4) is 0 Å². The van der Waals surface area contributed by atoms with Gasteiger partial charge in [0.2, 0.25) is 5.91 Å². The van der Waals surface area contributed by atoms with Crippen LogP contribution >= 0.6 is 0 Å². The molecule has 5 nitrogen and oxygen atoms in total. The second-order valence-corrected chi connectivity index (χ2v) is 4.00. The van der Waals surface area contributed by atoms with Crippen LogP contribution in [0.25, 0.3) is 10.9 Å². The zero-order chi connectivity index (χ0) is 11.8. The lowest BCUT2D eigenvalue weighted by atomic mass is 10.2. The smallest absolute Gasteiger partial charge is 0.328 e. The average Bonchev–Trinajstić information content (AvgIpc) is 2.75. The fourth-order valence-corrected chi connectivity index (χ4v) is 2.01. The van der Waals surface area contributed by atoms with Crippen molar-refractivity contribution >= 4 is 28.5 Å². The minimum Gasteiger partial charge on any atom is -0.361 e. The van der Waals surface area contributed by atoms with Crippen molar-refractivity contribution in [3.05, 3.63) is 30.5 Å². The van der Waals surface area contributed by atoms with Crippen LogP contribution in [0, 0.1) is 0 Å². The van der Waals surface area contributed by atoms with E-state index in [-0.39, 0.29) is 11.9 Å². The average molecular weight is 229 g/mol. The summed E-state index contributed by atoms with van der Waals surface area (Å²) < 4.78 is 0.